The number of carbonyl (C=O) groups is 1. The summed E-state index contributed by atoms with van der Waals surface area (Å²) in [5.74, 6) is -0.231. The van der Waals surface area contributed by atoms with Gasteiger partial charge in [-0.25, -0.2) is 8.42 Å². The molecule has 0 bridgehead atoms. The Hall–Kier alpha value is -0.660. The maximum atomic E-state index is 11.9. The number of hydrogen-bond donors (Lipinski definition) is 0. The molecule has 6 nitrogen and oxygen atoms in total. The van der Waals surface area contributed by atoms with Gasteiger partial charge in [0, 0.05) is 27.2 Å². The van der Waals surface area contributed by atoms with Crippen molar-refractivity contribution in [3.05, 3.63) is 0 Å². The number of ether oxygens (including phenoxy) is 1. The zero-order chi connectivity index (χ0) is 14.5. The van der Waals surface area contributed by atoms with Crippen molar-refractivity contribution in [1.82, 2.24) is 9.21 Å². The summed E-state index contributed by atoms with van der Waals surface area (Å²) in [6, 6.07) is 0. The number of rotatable bonds is 7. The fourth-order valence-corrected chi connectivity index (χ4v) is 2.36. The molecule has 108 valence electrons. The fourth-order valence-electron chi connectivity index (χ4n) is 1.48. The average molecular weight is 280 g/mol. The highest BCUT2D eigenvalue weighted by molar-refractivity contribution is 7.88. The van der Waals surface area contributed by atoms with Crippen LogP contribution in [0.1, 0.15) is 20.8 Å². The molecule has 0 aliphatic rings. The minimum absolute atomic E-state index is 0.0462. The highest BCUT2D eigenvalue weighted by atomic mass is 32.2. The predicted molar refractivity (Wildman–Crippen MR) is 70.8 cm³/mol. The Morgan fingerprint density at radius 2 is 1.78 bits per heavy atom. The van der Waals surface area contributed by atoms with Crippen LogP contribution in [0.4, 0.5) is 0 Å². The van der Waals surface area contributed by atoms with Gasteiger partial charge in [0.1, 0.15) is 6.10 Å². The molecular formula is C11H24N2O4S. The van der Waals surface area contributed by atoms with E-state index in [0.717, 1.165) is 6.26 Å². The van der Waals surface area contributed by atoms with E-state index in [1.165, 1.54) is 9.21 Å². The summed E-state index contributed by atoms with van der Waals surface area (Å²) in [6.07, 6.45) is 0.218. The molecule has 18 heavy (non-hydrogen) atoms. The quantitative estimate of drug-likeness (QED) is 0.666. The van der Waals surface area contributed by atoms with Crippen molar-refractivity contribution >= 4 is 15.9 Å². The van der Waals surface area contributed by atoms with Crippen molar-refractivity contribution in [2.24, 2.45) is 0 Å². The van der Waals surface area contributed by atoms with Gasteiger partial charge < -0.3 is 9.64 Å². The fraction of sp³-hybridized carbons (Fsp3) is 0.909. The van der Waals surface area contributed by atoms with E-state index >= 15 is 0 Å². The Morgan fingerprint density at radius 3 is 2.06 bits per heavy atom. The lowest BCUT2D eigenvalue weighted by Gasteiger charge is -2.27. The van der Waals surface area contributed by atoms with Crippen molar-refractivity contribution in [2.75, 3.05) is 33.4 Å². The topological polar surface area (TPSA) is 66.9 Å². The Bertz CT molecular complexity index is 365. The molecule has 0 aromatic rings. The van der Waals surface area contributed by atoms with Gasteiger partial charge in [-0.2, -0.15) is 4.31 Å². The van der Waals surface area contributed by atoms with Crippen LogP contribution >= 0.6 is 0 Å². The molecule has 0 N–H and O–H groups in total. The van der Waals surface area contributed by atoms with Crippen LogP contribution in [0.3, 0.4) is 0 Å². The minimum atomic E-state index is -3.32. The van der Waals surface area contributed by atoms with Crippen molar-refractivity contribution in [3.8, 4) is 0 Å². The van der Waals surface area contributed by atoms with Crippen LogP contribution in [0, 0.1) is 0 Å². The van der Waals surface area contributed by atoms with Crippen LogP contribution in [0.15, 0.2) is 0 Å². The first-order valence-corrected chi connectivity index (χ1v) is 7.76. The number of amides is 1. The number of carbonyl (C=O) groups excluding carboxylic acids is 1. The molecule has 0 fully saturated rings. The molecule has 1 amide bonds. The second-order valence-electron chi connectivity index (χ2n) is 4.62. The summed E-state index contributed by atoms with van der Waals surface area (Å²) in [7, 11) is -0.0809. The number of hydrogen-bond acceptors (Lipinski definition) is 4. The summed E-state index contributed by atoms with van der Waals surface area (Å²) in [5.41, 5.74) is 0. The standard InChI is InChI=1S/C11H24N2O4S/c1-7-13(18(6,15)16)8-10(17-9(2)3)11(14)12(4)5/h9-10H,7-8H2,1-6H3. The summed E-state index contributed by atoms with van der Waals surface area (Å²) < 4.78 is 29.8. The number of likely N-dealkylation sites (N-methyl/N-ethyl adjacent to an activating group) is 2. The molecular weight excluding hydrogens is 256 g/mol. The van der Waals surface area contributed by atoms with Gasteiger partial charge in [0.25, 0.3) is 5.91 Å². The molecule has 0 aromatic carbocycles. The van der Waals surface area contributed by atoms with Crippen LogP contribution in [0.25, 0.3) is 0 Å². The van der Waals surface area contributed by atoms with Crippen LogP contribution in [-0.2, 0) is 19.6 Å². The molecule has 0 aliphatic heterocycles. The van der Waals surface area contributed by atoms with Gasteiger partial charge in [-0.15, -0.1) is 0 Å². The molecule has 0 aliphatic carbocycles. The first-order chi connectivity index (χ1) is 8.09. The summed E-state index contributed by atoms with van der Waals surface area (Å²) in [6.45, 7) is 5.72. The SMILES string of the molecule is CCN(CC(OC(C)C)C(=O)N(C)C)S(C)(=O)=O. The van der Waals surface area contributed by atoms with Gasteiger partial charge in [-0.3, -0.25) is 4.79 Å². The molecule has 0 heterocycles. The normalized spacial score (nSPS) is 14.0. The summed E-state index contributed by atoms with van der Waals surface area (Å²) in [4.78, 5) is 13.3. The number of nitrogens with zero attached hydrogens (tertiary/aromatic N) is 2. The van der Waals surface area contributed by atoms with Crippen molar-refractivity contribution in [1.29, 1.82) is 0 Å². The minimum Gasteiger partial charge on any atom is -0.364 e. The second kappa shape index (κ2) is 7.06. The molecule has 0 saturated carbocycles. The summed E-state index contributed by atoms with van der Waals surface area (Å²) in [5, 5.41) is 0. The van der Waals surface area contributed by atoms with Crippen LogP contribution in [0.2, 0.25) is 0 Å². The average Bonchev–Trinajstić information content (AvgIpc) is 2.20. The Morgan fingerprint density at radius 1 is 1.28 bits per heavy atom. The van der Waals surface area contributed by atoms with E-state index < -0.39 is 16.1 Å². The molecule has 1 atom stereocenters. The van der Waals surface area contributed by atoms with E-state index in [1.807, 2.05) is 13.8 Å². The van der Waals surface area contributed by atoms with E-state index in [4.69, 9.17) is 4.74 Å². The van der Waals surface area contributed by atoms with Gasteiger partial charge in [-0.05, 0) is 13.8 Å². The highest BCUT2D eigenvalue weighted by Gasteiger charge is 2.27. The Kier molecular flexibility index (Phi) is 6.80. The molecule has 0 saturated heterocycles. The van der Waals surface area contributed by atoms with Crippen LogP contribution < -0.4 is 0 Å². The first-order valence-electron chi connectivity index (χ1n) is 5.91. The van der Waals surface area contributed by atoms with E-state index in [-0.39, 0.29) is 18.6 Å². The van der Waals surface area contributed by atoms with E-state index in [1.54, 1.807) is 21.0 Å². The van der Waals surface area contributed by atoms with Gasteiger partial charge in [-0.1, -0.05) is 6.92 Å². The van der Waals surface area contributed by atoms with Crippen molar-refractivity contribution < 1.29 is 17.9 Å². The van der Waals surface area contributed by atoms with Gasteiger partial charge in [0.15, 0.2) is 0 Å². The lowest BCUT2D eigenvalue weighted by Crippen LogP contribution is -2.46. The third kappa shape index (κ3) is 5.79. The molecule has 0 radical (unpaired) electrons. The van der Waals surface area contributed by atoms with E-state index in [9.17, 15) is 13.2 Å². The second-order valence-corrected chi connectivity index (χ2v) is 6.60. The lowest BCUT2D eigenvalue weighted by atomic mass is 10.3. The van der Waals surface area contributed by atoms with Crippen molar-refractivity contribution in [3.63, 3.8) is 0 Å². The molecule has 7 heteroatoms. The van der Waals surface area contributed by atoms with Crippen LogP contribution in [0.5, 0.6) is 0 Å². The van der Waals surface area contributed by atoms with E-state index in [2.05, 4.69) is 0 Å². The zero-order valence-electron chi connectivity index (χ0n) is 12.0. The smallest absolute Gasteiger partial charge is 0.252 e. The third-order valence-corrected chi connectivity index (χ3v) is 3.69. The van der Waals surface area contributed by atoms with Crippen LogP contribution in [-0.4, -0.2) is 69.2 Å². The monoisotopic (exact) mass is 280 g/mol. The predicted octanol–water partition coefficient (Wildman–Crippen LogP) is 0.150. The molecule has 1 unspecified atom stereocenters. The highest BCUT2D eigenvalue weighted by Crippen LogP contribution is 2.07. The lowest BCUT2D eigenvalue weighted by molar-refractivity contribution is -0.144. The molecule has 0 aromatic heterocycles. The molecule has 0 rings (SSSR count). The molecule has 0 spiro atoms. The maximum Gasteiger partial charge on any atom is 0.252 e. The largest absolute Gasteiger partial charge is 0.364 e. The van der Waals surface area contributed by atoms with Crippen molar-refractivity contribution in [2.45, 2.75) is 33.0 Å². The maximum absolute atomic E-state index is 11.9. The first kappa shape index (κ1) is 17.3. The van der Waals surface area contributed by atoms with Gasteiger partial charge in [0.05, 0.1) is 12.4 Å². The summed E-state index contributed by atoms with van der Waals surface area (Å²) >= 11 is 0. The Labute approximate surface area is 110 Å². The van der Waals surface area contributed by atoms with E-state index in [0.29, 0.717) is 6.54 Å². The zero-order valence-corrected chi connectivity index (χ0v) is 12.8. The number of sulfonamides is 1. The Balaban J connectivity index is 4.93. The van der Waals surface area contributed by atoms with Gasteiger partial charge >= 0.3 is 0 Å². The third-order valence-electron chi connectivity index (χ3n) is 2.34. The van der Waals surface area contributed by atoms with Gasteiger partial charge in [0.2, 0.25) is 10.0 Å².